The Hall–Kier alpha value is -2.42. The molecule has 5 nitrogen and oxygen atoms in total. The van der Waals surface area contributed by atoms with Gasteiger partial charge in [0.05, 0.1) is 6.61 Å². The van der Waals surface area contributed by atoms with E-state index in [0.717, 1.165) is 11.4 Å². The lowest BCUT2D eigenvalue weighted by molar-refractivity contribution is 0.344. The summed E-state index contributed by atoms with van der Waals surface area (Å²) < 4.78 is 8.66. The van der Waals surface area contributed by atoms with Crippen molar-refractivity contribution in [1.29, 1.82) is 0 Å². The third-order valence-corrected chi connectivity index (χ3v) is 5.97. The third kappa shape index (κ3) is 3.97. The van der Waals surface area contributed by atoms with E-state index in [-0.39, 0.29) is 5.56 Å². The Morgan fingerprint density at radius 2 is 1.81 bits per heavy atom. The van der Waals surface area contributed by atoms with Crippen LogP contribution in [0, 0.1) is 3.95 Å². The fraction of sp³-hybridized carbons (Fsp3) is 0.105. The summed E-state index contributed by atoms with van der Waals surface area (Å²) >= 11 is 8.18. The summed E-state index contributed by atoms with van der Waals surface area (Å²) in [6.07, 6.45) is 0. The van der Waals surface area contributed by atoms with Gasteiger partial charge in [0.2, 0.25) is 0 Å². The van der Waals surface area contributed by atoms with E-state index >= 15 is 0 Å². The zero-order valence-corrected chi connectivity index (χ0v) is 16.6. The molecule has 0 unspecified atom stereocenters. The number of rotatable bonds is 6. The maximum atomic E-state index is 12.5. The van der Waals surface area contributed by atoms with Crippen LogP contribution in [0.3, 0.4) is 0 Å². The van der Waals surface area contributed by atoms with E-state index in [1.165, 1.54) is 23.1 Å². The van der Waals surface area contributed by atoms with E-state index in [4.69, 9.17) is 17.0 Å². The lowest BCUT2D eigenvalue weighted by Crippen LogP contribution is -2.10. The molecule has 0 aliphatic rings. The largest absolute Gasteiger partial charge is 0.493 e. The van der Waals surface area contributed by atoms with Crippen molar-refractivity contribution in [3.63, 3.8) is 0 Å². The predicted octanol–water partition coefficient (Wildman–Crippen LogP) is 4.68. The molecule has 0 radical (unpaired) electrons. The highest BCUT2D eigenvalue weighted by Crippen LogP contribution is 2.24. The highest BCUT2D eigenvalue weighted by atomic mass is 32.2. The molecule has 136 valence electrons. The van der Waals surface area contributed by atoms with Gasteiger partial charge < -0.3 is 9.72 Å². The van der Waals surface area contributed by atoms with Crippen LogP contribution in [0.4, 0.5) is 0 Å². The number of H-pyrrole nitrogens is 1. The van der Waals surface area contributed by atoms with E-state index in [1.807, 2.05) is 65.2 Å². The van der Waals surface area contributed by atoms with E-state index in [1.54, 1.807) is 0 Å². The lowest BCUT2D eigenvalue weighted by Gasteiger charge is -2.06. The van der Waals surface area contributed by atoms with E-state index in [0.29, 0.717) is 31.8 Å². The van der Waals surface area contributed by atoms with Crippen LogP contribution in [-0.2, 0) is 0 Å². The molecule has 4 aromatic rings. The first kappa shape index (κ1) is 18.0. The summed E-state index contributed by atoms with van der Waals surface area (Å²) in [7, 11) is 0. The maximum Gasteiger partial charge on any atom is 0.271 e. The van der Waals surface area contributed by atoms with Crippen molar-refractivity contribution in [3.05, 3.63) is 75.0 Å². The summed E-state index contributed by atoms with van der Waals surface area (Å²) in [4.78, 5) is 19.9. The van der Waals surface area contributed by atoms with Gasteiger partial charge in [-0.25, -0.2) is 4.98 Å². The normalized spacial score (nSPS) is 11.0. The van der Waals surface area contributed by atoms with Crippen LogP contribution < -0.4 is 10.3 Å². The molecule has 0 aliphatic carbocycles. The van der Waals surface area contributed by atoms with Crippen LogP contribution in [0.15, 0.2) is 70.6 Å². The number of nitrogens with one attached hydrogen (secondary N) is 1. The standard InChI is InChI=1S/C19H15N3O2S3/c23-17-15-16(22(19(25)27-15)13-7-3-1-4-8-13)20-18(21-17)26-12-11-24-14-9-5-2-6-10-14/h1-10H,11-12H2,(H,20,21,23). The number of fused-ring (bicyclic) bond motifs is 1. The first-order chi connectivity index (χ1) is 13.2. The Morgan fingerprint density at radius 1 is 1.11 bits per heavy atom. The van der Waals surface area contributed by atoms with Crippen molar-refractivity contribution in [2.75, 3.05) is 12.4 Å². The second-order valence-electron chi connectivity index (χ2n) is 5.57. The Kier molecular flexibility index (Phi) is 5.38. The molecule has 0 amide bonds. The number of benzene rings is 2. The molecular weight excluding hydrogens is 398 g/mol. The van der Waals surface area contributed by atoms with Gasteiger partial charge in [0.15, 0.2) is 14.8 Å². The summed E-state index contributed by atoms with van der Waals surface area (Å²) in [5, 5.41) is 0.557. The molecule has 2 aromatic carbocycles. The second kappa shape index (κ2) is 8.08. The number of hydrogen-bond acceptors (Lipinski definition) is 6. The lowest BCUT2D eigenvalue weighted by atomic mass is 10.3. The van der Waals surface area contributed by atoms with E-state index < -0.39 is 0 Å². The highest BCUT2D eigenvalue weighted by molar-refractivity contribution is 7.99. The van der Waals surface area contributed by atoms with Gasteiger partial charge in [-0.1, -0.05) is 59.5 Å². The minimum absolute atomic E-state index is 0.169. The fourth-order valence-corrected chi connectivity index (χ4v) is 4.53. The minimum Gasteiger partial charge on any atom is -0.493 e. The Labute approximate surface area is 168 Å². The number of aromatic amines is 1. The number of thiazole rings is 1. The minimum atomic E-state index is -0.169. The number of aromatic nitrogens is 3. The van der Waals surface area contributed by atoms with Gasteiger partial charge in [-0.2, -0.15) is 0 Å². The molecule has 4 rings (SSSR count). The molecule has 0 spiro atoms. The number of hydrogen-bond donors (Lipinski definition) is 1. The summed E-state index contributed by atoms with van der Waals surface area (Å²) in [5.74, 6) is 1.49. The molecule has 27 heavy (non-hydrogen) atoms. The average molecular weight is 414 g/mol. The van der Waals surface area contributed by atoms with Crippen LogP contribution >= 0.6 is 35.3 Å². The first-order valence-electron chi connectivity index (χ1n) is 8.24. The molecule has 0 saturated heterocycles. The van der Waals surface area contributed by atoms with Gasteiger partial charge in [-0.05, 0) is 36.5 Å². The number of nitrogens with zero attached hydrogens (tertiary/aromatic N) is 2. The summed E-state index contributed by atoms with van der Waals surface area (Å²) in [6.45, 7) is 0.519. The van der Waals surface area contributed by atoms with Crippen molar-refractivity contribution >= 4 is 45.7 Å². The molecule has 8 heteroatoms. The molecule has 2 aromatic heterocycles. The molecule has 1 N–H and O–H groups in total. The molecule has 0 fully saturated rings. The van der Waals surface area contributed by atoms with Gasteiger partial charge in [0, 0.05) is 11.4 Å². The van der Waals surface area contributed by atoms with Gasteiger partial charge in [0.1, 0.15) is 10.4 Å². The van der Waals surface area contributed by atoms with Gasteiger partial charge >= 0.3 is 0 Å². The van der Waals surface area contributed by atoms with Crippen LogP contribution in [0.5, 0.6) is 5.75 Å². The maximum absolute atomic E-state index is 12.5. The fourth-order valence-electron chi connectivity index (χ4n) is 2.58. The first-order valence-corrected chi connectivity index (χ1v) is 10.5. The van der Waals surface area contributed by atoms with Crippen molar-refractivity contribution in [3.8, 4) is 11.4 Å². The average Bonchev–Trinajstić information content (AvgIpc) is 3.03. The van der Waals surface area contributed by atoms with Crippen molar-refractivity contribution in [2.24, 2.45) is 0 Å². The van der Waals surface area contributed by atoms with E-state index in [2.05, 4.69) is 9.97 Å². The number of thioether (sulfide) groups is 1. The summed E-state index contributed by atoms with van der Waals surface area (Å²) in [5.41, 5.74) is 1.32. The molecule has 2 heterocycles. The quantitative estimate of drug-likeness (QED) is 0.215. The van der Waals surface area contributed by atoms with E-state index in [9.17, 15) is 4.79 Å². The smallest absolute Gasteiger partial charge is 0.271 e. The molecule has 0 bridgehead atoms. The zero-order chi connectivity index (χ0) is 18.6. The van der Waals surface area contributed by atoms with Gasteiger partial charge in [-0.15, -0.1) is 0 Å². The molecule has 0 saturated carbocycles. The Balaban J connectivity index is 1.57. The van der Waals surface area contributed by atoms with Crippen LogP contribution in [0.25, 0.3) is 16.0 Å². The second-order valence-corrected chi connectivity index (χ2v) is 8.30. The molecular formula is C19H15N3O2S3. The SMILES string of the molecule is O=c1[nH]c(SCCOc2ccccc2)nc2c1sc(=S)n2-c1ccccc1. The monoisotopic (exact) mass is 413 g/mol. The Bertz CT molecular complexity index is 1170. The van der Waals surface area contributed by atoms with Crippen molar-refractivity contribution in [1.82, 2.24) is 14.5 Å². The summed E-state index contributed by atoms with van der Waals surface area (Å²) in [6, 6.07) is 19.3. The Morgan fingerprint density at radius 3 is 2.56 bits per heavy atom. The van der Waals surface area contributed by atoms with Crippen molar-refractivity contribution < 1.29 is 4.74 Å². The van der Waals surface area contributed by atoms with Crippen LogP contribution in [0.2, 0.25) is 0 Å². The topological polar surface area (TPSA) is 59.9 Å². The van der Waals surface area contributed by atoms with Crippen LogP contribution in [0.1, 0.15) is 0 Å². The van der Waals surface area contributed by atoms with Crippen LogP contribution in [-0.4, -0.2) is 26.9 Å². The van der Waals surface area contributed by atoms with Crippen molar-refractivity contribution in [2.45, 2.75) is 5.16 Å². The highest BCUT2D eigenvalue weighted by Gasteiger charge is 2.13. The molecule has 0 aliphatic heterocycles. The van der Waals surface area contributed by atoms with Gasteiger partial charge in [-0.3, -0.25) is 9.36 Å². The number of ether oxygens (including phenoxy) is 1. The molecule has 0 atom stereocenters. The predicted molar refractivity (Wildman–Crippen MR) is 113 cm³/mol. The third-order valence-electron chi connectivity index (χ3n) is 3.77. The van der Waals surface area contributed by atoms with Gasteiger partial charge in [0.25, 0.3) is 5.56 Å². The zero-order valence-electron chi connectivity index (χ0n) is 14.1. The number of para-hydroxylation sites is 2.